The van der Waals surface area contributed by atoms with Crippen LogP contribution in [0.4, 0.5) is 0 Å². The highest BCUT2D eigenvalue weighted by molar-refractivity contribution is 14.1. The molecule has 0 spiro atoms. The van der Waals surface area contributed by atoms with E-state index in [-0.39, 0.29) is 0 Å². The fraction of sp³-hybridized carbons (Fsp3) is 0. The van der Waals surface area contributed by atoms with E-state index in [4.69, 9.17) is 23.2 Å². The molecule has 0 nitrogen and oxygen atoms in total. The van der Waals surface area contributed by atoms with Crippen LogP contribution in [0.3, 0.4) is 0 Å². The molecule has 0 saturated heterocycles. The maximum atomic E-state index is 5.08. The van der Waals surface area contributed by atoms with Gasteiger partial charge in [0.2, 0.25) is 0 Å². The van der Waals surface area contributed by atoms with Crippen molar-refractivity contribution < 1.29 is 0 Å². The Hall–Kier alpha value is 1.05. The number of hydrogen-bond donors (Lipinski definition) is 0. The second-order valence-corrected chi connectivity index (χ2v) is 2.03. The first-order valence-corrected chi connectivity index (χ1v) is 2.89. The minimum atomic E-state index is 0.311. The SMILES string of the molecule is ClC(Cl)=CI. The van der Waals surface area contributed by atoms with Crippen LogP contribution >= 0.6 is 45.8 Å². The molecule has 3 heteroatoms. The Morgan fingerprint density at radius 3 is 1.80 bits per heavy atom. The minimum absolute atomic E-state index is 0.311. The Kier molecular flexibility index (Phi) is 3.93. The molecule has 0 amide bonds. The lowest BCUT2D eigenvalue weighted by Crippen LogP contribution is -1.32. The molecule has 0 radical (unpaired) electrons. The van der Waals surface area contributed by atoms with Crippen LogP contribution in [-0.4, -0.2) is 0 Å². The van der Waals surface area contributed by atoms with Gasteiger partial charge < -0.3 is 0 Å². The lowest BCUT2D eigenvalue weighted by molar-refractivity contribution is 2.43. The monoisotopic (exact) mass is 222 g/mol. The second-order valence-electron chi connectivity index (χ2n) is 0.399. The molecule has 0 aromatic heterocycles. The van der Waals surface area contributed by atoms with Crippen LogP contribution in [0.15, 0.2) is 8.57 Å². The maximum absolute atomic E-state index is 5.08. The van der Waals surface area contributed by atoms with Crippen molar-refractivity contribution in [1.29, 1.82) is 0 Å². The molecule has 0 aliphatic rings. The second kappa shape index (κ2) is 3.25. The molecule has 0 unspecified atom stereocenters. The topological polar surface area (TPSA) is 0 Å². The zero-order valence-corrected chi connectivity index (χ0v) is 5.88. The zero-order valence-electron chi connectivity index (χ0n) is 2.21. The Morgan fingerprint density at radius 1 is 1.60 bits per heavy atom. The molecule has 0 N–H and O–H groups in total. The van der Waals surface area contributed by atoms with Gasteiger partial charge in [-0.3, -0.25) is 0 Å². The van der Waals surface area contributed by atoms with Crippen molar-refractivity contribution in [3.05, 3.63) is 8.57 Å². The van der Waals surface area contributed by atoms with Crippen molar-refractivity contribution >= 4 is 45.8 Å². The Balaban J connectivity index is 3.14. The molecule has 30 valence electrons. The van der Waals surface area contributed by atoms with E-state index in [0.29, 0.717) is 4.49 Å². The zero-order chi connectivity index (χ0) is 4.28. The van der Waals surface area contributed by atoms with E-state index in [1.807, 2.05) is 22.6 Å². The van der Waals surface area contributed by atoms with E-state index in [1.54, 1.807) is 4.08 Å². The van der Waals surface area contributed by atoms with E-state index < -0.39 is 0 Å². The molecule has 5 heavy (non-hydrogen) atoms. The average molecular weight is 223 g/mol. The summed E-state index contributed by atoms with van der Waals surface area (Å²) in [4.78, 5) is 0. The fourth-order valence-electron chi connectivity index (χ4n) is 0. The van der Waals surface area contributed by atoms with Crippen LogP contribution < -0.4 is 0 Å². The van der Waals surface area contributed by atoms with Crippen molar-refractivity contribution in [1.82, 2.24) is 0 Å². The normalized spacial score (nSPS) is 7.00. The predicted octanol–water partition coefficient (Wildman–Crippen LogP) is 2.70. The van der Waals surface area contributed by atoms with Gasteiger partial charge in [-0.05, 0) is 0 Å². The van der Waals surface area contributed by atoms with Crippen molar-refractivity contribution in [2.75, 3.05) is 0 Å². The lowest BCUT2D eigenvalue weighted by atomic mass is 11.3. The molecular weight excluding hydrogens is 222 g/mol. The highest BCUT2D eigenvalue weighted by Gasteiger charge is 1.70. The quantitative estimate of drug-likeness (QED) is 0.553. The summed E-state index contributed by atoms with van der Waals surface area (Å²) in [6.07, 6.45) is 0. The van der Waals surface area contributed by atoms with E-state index in [0.717, 1.165) is 0 Å². The number of halogens is 3. The van der Waals surface area contributed by atoms with Gasteiger partial charge in [0.05, 0.1) is 0 Å². The van der Waals surface area contributed by atoms with Gasteiger partial charge in [0, 0.05) is 4.08 Å². The highest BCUT2D eigenvalue weighted by atomic mass is 127. The molecule has 0 heterocycles. The van der Waals surface area contributed by atoms with Crippen LogP contribution in [-0.2, 0) is 0 Å². The van der Waals surface area contributed by atoms with Gasteiger partial charge in [0.25, 0.3) is 0 Å². The summed E-state index contributed by atoms with van der Waals surface area (Å²) >= 11 is 12.1. The summed E-state index contributed by atoms with van der Waals surface area (Å²) in [6, 6.07) is 0. The van der Waals surface area contributed by atoms with Gasteiger partial charge in [-0.2, -0.15) is 0 Å². The smallest absolute Gasteiger partial charge is 0.0704 e. The summed E-state index contributed by atoms with van der Waals surface area (Å²) in [5.41, 5.74) is 0. The molecule has 0 rings (SSSR count). The van der Waals surface area contributed by atoms with Gasteiger partial charge in [0.15, 0.2) is 0 Å². The lowest BCUT2D eigenvalue weighted by Gasteiger charge is -1.64. The summed E-state index contributed by atoms with van der Waals surface area (Å²) in [5, 5.41) is 0. The van der Waals surface area contributed by atoms with Crippen molar-refractivity contribution in [2.45, 2.75) is 0 Å². The van der Waals surface area contributed by atoms with E-state index in [2.05, 4.69) is 0 Å². The van der Waals surface area contributed by atoms with Crippen LogP contribution in [0, 0.1) is 0 Å². The Bertz CT molecular complexity index is 45.6. The van der Waals surface area contributed by atoms with E-state index in [1.165, 1.54) is 0 Å². The summed E-state index contributed by atoms with van der Waals surface area (Å²) < 4.78 is 1.89. The predicted molar refractivity (Wildman–Crippen MR) is 33.8 cm³/mol. The first-order valence-electron chi connectivity index (χ1n) is 0.885. The van der Waals surface area contributed by atoms with Crippen LogP contribution in [0.5, 0.6) is 0 Å². The van der Waals surface area contributed by atoms with Crippen LogP contribution in [0.25, 0.3) is 0 Å². The third-order valence-electron chi connectivity index (χ3n) is 0.0825. The molecule has 0 saturated carbocycles. The first-order chi connectivity index (χ1) is 2.27. The third kappa shape index (κ3) is 5.05. The molecule has 0 aromatic rings. The summed E-state index contributed by atoms with van der Waals surface area (Å²) in [6.45, 7) is 0. The largest absolute Gasteiger partial charge is 0.112 e. The Morgan fingerprint density at radius 2 is 1.80 bits per heavy atom. The van der Waals surface area contributed by atoms with Crippen molar-refractivity contribution in [2.24, 2.45) is 0 Å². The van der Waals surface area contributed by atoms with Crippen LogP contribution in [0.2, 0.25) is 0 Å². The molecule has 0 fully saturated rings. The van der Waals surface area contributed by atoms with Gasteiger partial charge in [-0.25, -0.2) is 0 Å². The summed E-state index contributed by atoms with van der Waals surface area (Å²) in [5.74, 6) is 0. The van der Waals surface area contributed by atoms with E-state index in [9.17, 15) is 0 Å². The van der Waals surface area contributed by atoms with Crippen molar-refractivity contribution in [3.8, 4) is 0 Å². The standard InChI is InChI=1S/C2HCl2I/c3-2(4)1-5/h1H. The first kappa shape index (κ1) is 6.05. The molecule has 0 aromatic carbocycles. The maximum Gasteiger partial charge on any atom is 0.112 e. The fourth-order valence-corrected chi connectivity index (χ4v) is 0. The molecule has 0 atom stereocenters. The molecule has 0 aliphatic heterocycles. The molecule has 0 bridgehead atoms. The summed E-state index contributed by atoms with van der Waals surface area (Å²) in [7, 11) is 0. The third-order valence-corrected chi connectivity index (χ3v) is 1.66. The minimum Gasteiger partial charge on any atom is -0.0704 e. The molecule has 0 aliphatic carbocycles. The average Bonchev–Trinajstić information content (AvgIpc) is 1.38. The van der Waals surface area contributed by atoms with Gasteiger partial charge in [-0.15, -0.1) is 0 Å². The molecular formula is C2HCl2I. The highest BCUT2D eigenvalue weighted by Crippen LogP contribution is 2.07. The number of rotatable bonds is 0. The van der Waals surface area contributed by atoms with E-state index >= 15 is 0 Å². The number of hydrogen-bond acceptors (Lipinski definition) is 0. The Labute approximate surface area is 54.3 Å². The van der Waals surface area contributed by atoms with Crippen LogP contribution in [0.1, 0.15) is 0 Å². The van der Waals surface area contributed by atoms with Gasteiger partial charge >= 0.3 is 0 Å². The van der Waals surface area contributed by atoms with Gasteiger partial charge in [0.1, 0.15) is 4.49 Å². The van der Waals surface area contributed by atoms with Crippen molar-refractivity contribution in [3.63, 3.8) is 0 Å². The van der Waals surface area contributed by atoms with Gasteiger partial charge in [-0.1, -0.05) is 45.8 Å².